The summed E-state index contributed by atoms with van der Waals surface area (Å²) in [5, 5.41) is 5.99. The third-order valence-electron chi connectivity index (χ3n) is 4.32. The fourth-order valence-corrected chi connectivity index (χ4v) is 2.82. The van der Waals surface area contributed by atoms with Crippen LogP contribution in [0.3, 0.4) is 0 Å². The van der Waals surface area contributed by atoms with E-state index in [9.17, 15) is 13.6 Å². The van der Waals surface area contributed by atoms with Crippen LogP contribution in [-0.2, 0) is 12.8 Å². The summed E-state index contributed by atoms with van der Waals surface area (Å²) in [6.07, 6.45) is 1.29. The van der Waals surface area contributed by atoms with Crippen molar-refractivity contribution >= 4 is 11.7 Å². The molecule has 1 amide bonds. The normalized spacial score (nSPS) is 10.6. The van der Waals surface area contributed by atoms with Gasteiger partial charge in [-0.2, -0.15) is 0 Å². The first-order valence-electron chi connectivity index (χ1n) is 9.36. The Morgan fingerprint density at radius 1 is 0.862 bits per heavy atom. The molecule has 0 unspecified atom stereocenters. The first-order chi connectivity index (χ1) is 14.0. The van der Waals surface area contributed by atoms with E-state index in [4.69, 9.17) is 0 Å². The van der Waals surface area contributed by atoms with E-state index in [1.54, 1.807) is 37.3 Å². The topological polar surface area (TPSA) is 66.9 Å². The van der Waals surface area contributed by atoms with Crippen molar-refractivity contribution in [3.05, 3.63) is 88.9 Å². The van der Waals surface area contributed by atoms with Gasteiger partial charge in [0.2, 0.25) is 0 Å². The van der Waals surface area contributed by atoms with Crippen LogP contribution in [0.15, 0.2) is 54.6 Å². The minimum Gasteiger partial charge on any atom is -0.370 e. The maximum Gasteiger partial charge on any atom is 0.270 e. The molecule has 0 bridgehead atoms. The van der Waals surface area contributed by atoms with Crippen LogP contribution < -0.4 is 10.6 Å². The van der Waals surface area contributed by atoms with Crippen LogP contribution in [0.4, 0.5) is 14.6 Å². The second kappa shape index (κ2) is 9.73. The van der Waals surface area contributed by atoms with Crippen LogP contribution in [0.25, 0.3) is 0 Å². The fraction of sp³-hybridized carbons (Fsp3) is 0.227. The molecule has 0 spiro atoms. The van der Waals surface area contributed by atoms with Gasteiger partial charge in [0.05, 0.1) is 0 Å². The van der Waals surface area contributed by atoms with Gasteiger partial charge in [-0.25, -0.2) is 18.7 Å². The smallest absolute Gasteiger partial charge is 0.270 e. The second-order valence-electron chi connectivity index (χ2n) is 6.62. The number of benzene rings is 2. The van der Waals surface area contributed by atoms with Crippen LogP contribution in [0.1, 0.15) is 27.4 Å². The first-order valence-corrected chi connectivity index (χ1v) is 9.36. The SMILES string of the molecule is Cc1nc(NCCc2ccc(F)cc2)cc(C(=O)NCCc2ccc(F)cc2)n1. The maximum atomic E-state index is 13.0. The predicted octanol–water partition coefficient (Wildman–Crippen LogP) is 3.69. The number of rotatable bonds is 8. The highest BCUT2D eigenvalue weighted by molar-refractivity contribution is 5.92. The number of halogens is 2. The third kappa shape index (κ3) is 6.34. The molecule has 0 atom stereocenters. The summed E-state index contributed by atoms with van der Waals surface area (Å²) >= 11 is 0. The van der Waals surface area contributed by atoms with Crippen molar-refractivity contribution < 1.29 is 13.6 Å². The Bertz CT molecular complexity index is 960. The van der Waals surface area contributed by atoms with E-state index < -0.39 is 0 Å². The van der Waals surface area contributed by atoms with Crippen LogP contribution >= 0.6 is 0 Å². The fourth-order valence-electron chi connectivity index (χ4n) is 2.82. The van der Waals surface area contributed by atoms with Gasteiger partial charge in [0.1, 0.15) is 29.0 Å². The van der Waals surface area contributed by atoms with Crippen LogP contribution in [0.5, 0.6) is 0 Å². The number of hydrogen-bond acceptors (Lipinski definition) is 4. The van der Waals surface area contributed by atoms with E-state index in [1.807, 2.05) is 0 Å². The van der Waals surface area contributed by atoms with Gasteiger partial charge >= 0.3 is 0 Å². The van der Waals surface area contributed by atoms with Crippen molar-refractivity contribution in [1.82, 2.24) is 15.3 Å². The van der Waals surface area contributed by atoms with Crippen molar-refractivity contribution in [2.24, 2.45) is 0 Å². The zero-order valence-electron chi connectivity index (χ0n) is 16.1. The number of nitrogens with one attached hydrogen (secondary N) is 2. The summed E-state index contributed by atoms with van der Waals surface area (Å²) in [6, 6.07) is 14.1. The van der Waals surface area contributed by atoms with Crippen molar-refractivity contribution in [2.75, 3.05) is 18.4 Å². The summed E-state index contributed by atoms with van der Waals surface area (Å²) in [4.78, 5) is 20.9. The molecule has 3 aromatic rings. The molecule has 3 rings (SSSR count). The molecule has 7 heteroatoms. The first kappa shape index (κ1) is 20.4. The lowest BCUT2D eigenvalue weighted by Gasteiger charge is -2.09. The van der Waals surface area contributed by atoms with E-state index in [2.05, 4.69) is 20.6 Å². The van der Waals surface area contributed by atoms with Crippen molar-refractivity contribution in [3.63, 3.8) is 0 Å². The molecular formula is C22H22F2N4O. The Kier molecular flexibility index (Phi) is 6.84. The lowest BCUT2D eigenvalue weighted by molar-refractivity contribution is 0.0948. The number of amides is 1. The van der Waals surface area contributed by atoms with Gasteiger partial charge in [-0.05, 0) is 55.2 Å². The molecule has 0 fully saturated rings. The van der Waals surface area contributed by atoms with Gasteiger partial charge in [0.25, 0.3) is 5.91 Å². The molecule has 0 saturated heterocycles. The summed E-state index contributed by atoms with van der Waals surface area (Å²) in [5.41, 5.74) is 2.22. The molecule has 1 aromatic heterocycles. The minimum atomic E-state index is -0.292. The van der Waals surface area contributed by atoms with Crippen molar-refractivity contribution in [3.8, 4) is 0 Å². The molecule has 5 nitrogen and oxygen atoms in total. The highest BCUT2D eigenvalue weighted by Crippen LogP contribution is 2.09. The number of carbonyl (C=O) groups excluding carboxylic acids is 1. The summed E-state index contributed by atoms with van der Waals surface area (Å²) < 4.78 is 25.9. The van der Waals surface area contributed by atoms with E-state index in [-0.39, 0.29) is 23.2 Å². The van der Waals surface area contributed by atoms with Gasteiger partial charge in [-0.15, -0.1) is 0 Å². The molecule has 0 aliphatic heterocycles. The Morgan fingerprint density at radius 3 is 2.00 bits per heavy atom. The lowest BCUT2D eigenvalue weighted by Crippen LogP contribution is -2.27. The predicted molar refractivity (Wildman–Crippen MR) is 108 cm³/mol. The number of carbonyl (C=O) groups is 1. The monoisotopic (exact) mass is 396 g/mol. The van der Waals surface area contributed by atoms with Gasteiger partial charge in [-0.1, -0.05) is 24.3 Å². The molecule has 2 N–H and O–H groups in total. The van der Waals surface area contributed by atoms with Gasteiger partial charge in [-0.3, -0.25) is 4.79 Å². The minimum absolute atomic E-state index is 0.261. The average molecular weight is 396 g/mol. The highest BCUT2D eigenvalue weighted by atomic mass is 19.1. The molecule has 0 aliphatic carbocycles. The number of aryl methyl sites for hydroxylation is 1. The quantitative estimate of drug-likeness (QED) is 0.609. The molecular weight excluding hydrogens is 374 g/mol. The Morgan fingerprint density at radius 2 is 1.41 bits per heavy atom. The zero-order valence-corrected chi connectivity index (χ0v) is 16.1. The molecule has 0 saturated carbocycles. The third-order valence-corrected chi connectivity index (χ3v) is 4.32. The highest BCUT2D eigenvalue weighted by Gasteiger charge is 2.10. The van der Waals surface area contributed by atoms with E-state index in [0.717, 1.165) is 11.1 Å². The number of aromatic nitrogens is 2. The second-order valence-corrected chi connectivity index (χ2v) is 6.62. The Labute approximate surface area is 168 Å². The molecule has 29 heavy (non-hydrogen) atoms. The zero-order chi connectivity index (χ0) is 20.6. The molecule has 150 valence electrons. The van der Waals surface area contributed by atoms with Gasteiger partial charge in [0.15, 0.2) is 0 Å². The summed E-state index contributed by atoms with van der Waals surface area (Å²) in [5.74, 6) is 0.208. The van der Waals surface area contributed by atoms with Gasteiger partial charge < -0.3 is 10.6 Å². The van der Waals surface area contributed by atoms with E-state index in [1.165, 1.54) is 24.3 Å². The maximum absolute atomic E-state index is 13.0. The van der Waals surface area contributed by atoms with E-state index >= 15 is 0 Å². The molecule has 1 heterocycles. The summed E-state index contributed by atoms with van der Waals surface area (Å²) in [7, 11) is 0. The molecule has 0 aliphatic rings. The van der Waals surface area contributed by atoms with Crippen molar-refractivity contribution in [2.45, 2.75) is 19.8 Å². The summed E-state index contributed by atoms with van der Waals surface area (Å²) in [6.45, 7) is 2.73. The largest absolute Gasteiger partial charge is 0.370 e. The Hall–Kier alpha value is -3.35. The van der Waals surface area contributed by atoms with Crippen LogP contribution in [-0.4, -0.2) is 29.0 Å². The van der Waals surface area contributed by atoms with Crippen LogP contribution in [0.2, 0.25) is 0 Å². The Balaban J connectivity index is 1.52. The number of hydrogen-bond donors (Lipinski definition) is 2. The van der Waals surface area contributed by atoms with Crippen molar-refractivity contribution in [1.29, 1.82) is 0 Å². The molecule has 2 aromatic carbocycles. The average Bonchev–Trinajstić information content (AvgIpc) is 2.70. The molecule has 0 radical (unpaired) electrons. The number of nitrogens with zero attached hydrogens (tertiary/aromatic N) is 2. The standard InChI is InChI=1S/C22H22F2N4O/c1-15-27-20(22(29)26-13-11-17-4-8-19(24)9-5-17)14-21(28-15)25-12-10-16-2-6-18(23)7-3-16/h2-9,14H,10-13H2,1H3,(H,26,29)(H,25,27,28). The van der Waals surface area contributed by atoms with E-state index in [0.29, 0.717) is 37.6 Å². The van der Waals surface area contributed by atoms with Crippen LogP contribution in [0, 0.1) is 18.6 Å². The number of anilines is 1. The van der Waals surface area contributed by atoms with Gasteiger partial charge in [0, 0.05) is 19.2 Å². The lowest BCUT2D eigenvalue weighted by atomic mass is 10.1.